The van der Waals surface area contributed by atoms with Crippen LogP contribution in [0.5, 0.6) is 5.75 Å². The van der Waals surface area contributed by atoms with Gasteiger partial charge in [0.25, 0.3) is 0 Å². The normalized spacial score (nSPS) is 14.4. The summed E-state index contributed by atoms with van der Waals surface area (Å²) in [4.78, 5) is 10.5. The molecule has 0 saturated carbocycles. The Bertz CT molecular complexity index is 394. The number of anilines is 1. The van der Waals surface area contributed by atoms with Crippen LogP contribution in [0.1, 0.15) is 18.1 Å². The Hall–Kier alpha value is -1.79. The molecule has 7 N–H and O–H groups in total. The van der Waals surface area contributed by atoms with Crippen LogP contribution in [0.3, 0.4) is 0 Å². The van der Waals surface area contributed by atoms with Crippen LogP contribution >= 0.6 is 0 Å². The Kier molecular flexibility index (Phi) is 3.70. The maximum Gasteiger partial charge on any atom is 0.320 e. The molecule has 6 heteroatoms. The van der Waals surface area contributed by atoms with E-state index in [-0.39, 0.29) is 23.4 Å². The molecule has 0 amide bonds. The Balaban J connectivity index is 2.83. The number of nitrogen functional groups attached to an aromatic ring is 1. The number of aliphatic hydroxyl groups is 1. The van der Waals surface area contributed by atoms with Gasteiger partial charge in [0, 0.05) is 17.7 Å². The van der Waals surface area contributed by atoms with Crippen molar-refractivity contribution in [2.24, 2.45) is 5.73 Å². The highest BCUT2D eigenvalue weighted by Crippen LogP contribution is 2.27. The molecule has 0 aliphatic carbocycles. The molecule has 0 fully saturated rings. The maximum absolute atomic E-state index is 10.5. The van der Waals surface area contributed by atoms with Gasteiger partial charge in [-0.25, -0.2) is 0 Å². The van der Waals surface area contributed by atoms with Crippen molar-refractivity contribution in [2.45, 2.75) is 18.6 Å². The third-order valence-corrected chi connectivity index (χ3v) is 2.22. The molecule has 0 aliphatic rings. The van der Waals surface area contributed by atoms with Crippen LogP contribution in [0.15, 0.2) is 18.2 Å². The molecule has 0 aliphatic heterocycles. The van der Waals surface area contributed by atoms with E-state index < -0.39 is 18.1 Å². The predicted molar refractivity (Wildman–Crippen MR) is 57.7 cm³/mol. The molecule has 0 spiro atoms. The molecule has 0 unspecified atom stereocenters. The van der Waals surface area contributed by atoms with Gasteiger partial charge in [0.15, 0.2) is 0 Å². The Labute approximate surface area is 92.1 Å². The molecule has 1 aromatic carbocycles. The minimum atomic E-state index is -1.20. The molecular formula is C10H14N2O4. The Morgan fingerprint density at radius 2 is 2.06 bits per heavy atom. The number of phenols is 1. The molecule has 6 nitrogen and oxygen atoms in total. The van der Waals surface area contributed by atoms with Crippen LogP contribution in [0.4, 0.5) is 5.69 Å². The van der Waals surface area contributed by atoms with Crippen molar-refractivity contribution in [2.75, 3.05) is 5.73 Å². The molecule has 88 valence electrons. The molecule has 16 heavy (non-hydrogen) atoms. The van der Waals surface area contributed by atoms with Crippen molar-refractivity contribution in [3.05, 3.63) is 23.8 Å². The van der Waals surface area contributed by atoms with Crippen LogP contribution in [-0.4, -0.2) is 27.3 Å². The molecule has 0 heterocycles. The lowest BCUT2D eigenvalue weighted by Gasteiger charge is -2.15. The first-order valence-electron chi connectivity index (χ1n) is 4.66. The number of nitrogens with two attached hydrogens (primary N) is 2. The van der Waals surface area contributed by atoms with Crippen LogP contribution in [0.25, 0.3) is 0 Å². The smallest absolute Gasteiger partial charge is 0.320 e. The predicted octanol–water partition coefficient (Wildman–Crippen LogP) is -0.190. The lowest BCUT2D eigenvalue weighted by molar-refractivity contribution is -0.139. The first-order chi connectivity index (χ1) is 7.41. The van der Waals surface area contributed by atoms with Gasteiger partial charge in [-0.15, -0.1) is 0 Å². The van der Waals surface area contributed by atoms with E-state index in [0.29, 0.717) is 0 Å². The number of hydrogen-bond acceptors (Lipinski definition) is 5. The van der Waals surface area contributed by atoms with Crippen LogP contribution in [-0.2, 0) is 4.79 Å². The van der Waals surface area contributed by atoms with Gasteiger partial charge in [-0.2, -0.15) is 0 Å². The molecule has 0 aromatic heterocycles. The maximum atomic E-state index is 10.5. The number of aromatic hydroxyl groups is 1. The lowest BCUT2D eigenvalue weighted by atomic mass is 10.0. The standard InChI is InChI=1S/C10H14N2O4/c11-7-2-1-5(13)3-6(7)9(14)4-8(12)10(15)16/h1-3,8-9,13-14H,4,11-12H2,(H,15,16)/t8-,9+/m0/s1. The third-order valence-electron chi connectivity index (χ3n) is 2.22. The van der Waals surface area contributed by atoms with Crippen LogP contribution in [0, 0.1) is 0 Å². The Morgan fingerprint density at radius 1 is 1.44 bits per heavy atom. The van der Waals surface area contributed by atoms with Crippen molar-refractivity contribution in [3.8, 4) is 5.75 Å². The number of carbonyl (C=O) groups is 1. The summed E-state index contributed by atoms with van der Waals surface area (Å²) >= 11 is 0. The molecule has 0 bridgehead atoms. The second kappa shape index (κ2) is 4.82. The lowest BCUT2D eigenvalue weighted by Crippen LogP contribution is -2.32. The van der Waals surface area contributed by atoms with E-state index in [2.05, 4.69) is 0 Å². The first kappa shape index (κ1) is 12.3. The molecule has 1 aromatic rings. The second-order valence-corrected chi connectivity index (χ2v) is 3.51. The molecular weight excluding hydrogens is 212 g/mol. The fourth-order valence-electron chi connectivity index (χ4n) is 1.32. The number of aliphatic hydroxyl groups excluding tert-OH is 1. The number of aliphatic carboxylic acids is 1. The van der Waals surface area contributed by atoms with Crippen molar-refractivity contribution in [3.63, 3.8) is 0 Å². The van der Waals surface area contributed by atoms with E-state index in [1.165, 1.54) is 18.2 Å². The van der Waals surface area contributed by atoms with Gasteiger partial charge in [0.05, 0.1) is 6.10 Å². The van der Waals surface area contributed by atoms with E-state index in [0.717, 1.165) is 0 Å². The largest absolute Gasteiger partial charge is 0.508 e. The van der Waals surface area contributed by atoms with E-state index in [9.17, 15) is 15.0 Å². The second-order valence-electron chi connectivity index (χ2n) is 3.51. The number of carboxylic acid groups (broad SMARTS) is 1. The SMILES string of the molecule is Nc1ccc(O)cc1[C@H](O)C[C@H](N)C(=O)O. The zero-order valence-corrected chi connectivity index (χ0v) is 8.50. The number of carboxylic acids is 1. The van der Waals surface area contributed by atoms with Crippen molar-refractivity contribution in [1.29, 1.82) is 0 Å². The molecule has 0 saturated heterocycles. The average Bonchev–Trinajstić information content (AvgIpc) is 2.21. The first-order valence-corrected chi connectivity index (χ1v) is 4.66. The van der Waals surface area contributed by atoms with E-state index in [1.807, 2.05) is 0 Å². The van der Waals surface area contributed by atoms with Gasteiger partial charge in [-0.3, -0.25) is 4.79 Å². The fourth-order valence-corrected chi connectivity index (χ4v) is 1.32. The third kappa shape index (κ3) is 2.85. The average molecular weight is 226 g/mol. The minimum Gasteiger partial charge on any atom is -0.508 e. The summed E-state index contributed by atoms with van der Waals surface area (Å²) in [7, 11) is 0. The summed E-state index contributed by atoms with van der Waals surface area (Å²) in [6, 6.07) is 2.92. The highest BCUT2D eigenvalue weighted by Gasteiger charge is 2.20. The van der Waals surface area contributed by atoms with Gasteiger partial charge in [0.1, 0.15) is 11.8 Å². The molecule has 1 rings (SSSR count). The Morgan fingerprint density at radius 3 is 2.62 bits per heavy atom. The highest BCUT2D eigenvalue weighted by molar-refractivity contribution is 5.73. The van der Waals surface area contributed by atoms with E-state index in [1.54, 1.807) is 0 Å². The van der Waals surface area contributed by atoms with E-state index >= 15 is 0 Å². The summed E-state index contributed by atoms with van der Waals surface area (Å²) in [6.07, 6.45) is -1.28. The van der Waals surface area contributed by atoms with Gasteiger partial charge >= 0.3 is 5.97 Å². The topological polar surface area (TPSA) is 130 Å². The number of benzene rings is 1. The van der Waals surface area contributed by atoms with Crippen LogP contribution in [0.2, 0.25) is 0 Å². The number of rotatable bonds is 4. The summed E-state index contributed by atoms with van der Waals surface area (Å²) in [5, 5.41) is 27.5. The molecule has 0 radical (unpaired) electrons. The van der Waals surface area contributed by atoms with Crippen molar-refractivity contribution in [1.82, 2.24) is 0 Å². The zero-order chi connectivity index (χ0) is 12.3. The van der Waals surface area contributed by atoms with Gasteiger partial charge in [-0.1, -0.05) is 0 Å². The molecule has 2 atom stereocenters. The number of hydrogen-bond donors (Lipinski definition) is 5. The number of phenolic OH excluding ortho intramolecular Hbond substituents is 1. The van der Waals surface area contributed by atoms with Crippen LogP contribution < -0.4 is 11.5 Å². The fraction of sp³-hybridized carbons (Fsp3) is 0.300. The van der Waals surface area contributed by atoms with E-state index in [4.69, 9.17) is 16.6 Å². The monoisotopic (exact) mass is 226 g/mol. The summed E-state index contributed by atoms with van der Waals surface area (Å²) < 4.78 is 0. The van der Waals surface area contributed by atoms with Gasteiger partial charge in [-0.05, 0) is 18.2 Å². The summed E-state index contributed by atoms with van der Waals surface area (Å²) in [5.41, 5.74) is 11.4. The summed E-state index contributed by atoms with van der Waals surface area (Å²) in [6.45, 7) is 0. The highest BCUT2D eigenvalue weighted by atomic mass is 16.4. The zero-order valence-electron chi connectivity index (χ0n) is 8.50. The van der Waals surface area contributed by atoms with Gasteiger partial charge in [0.2, 0.25) is 0 Å². The summed E-state index contributed by atoms with van der Waals surface area (Å²) in [5.74, 6) is -1.25. The van der Waals surface area contributed by atoms with Crippen molar-refractivity contribution >= 4 is 11.7 Å². The van der Waals surface area contributed by atoms with Crippen molar-refractivity contribution < 1.29 is 20.1 Å². The van der Waals surface area contributed by atoms with Gasteiger partial charge < -0.3 is 26.8 Å². The quantitative estimate of drug-likeness (QED) is 0.357. The minimum absolute atomic E-state index is 0.0489.